The van der Waals surface area contributed by atoms with Crippen LogP contribution < -0.4 is 0 Å². The number of carbonyl (C=O) groups is 1. The first-order valence-corrected chi connectivity index (χ1v) is 7.16. The molecular weight excluding hydrogens is 248 g/mol. The first-order chi connectivity index (χ1) is 9.39. The Balaban J connectivity index is 2.13. The van der Waals surface area contributed by atoms with Crippen LogP contribution in [-0.2, 0) is 11.2 Å². The lowest BCUT2D eigenvalue weighted by atomic mass is 9.67. The summed E-state index contributed by atoms with van der Waals surface area (Å²) in [6, 6.07) is 3.91. The van der Waals surface area contributed by atoms with Crippen molar-refractivity contribution in [2.45, 2.75) is 33.6 Å². The van der Waals surface area contributed by atoms with Crippen molar-refractivity contribution < 1.29 is 9.90 Å². The molecule has 0 fully saturated rings. The number of phenolic OH excluding ortho intramolecular Hbond substituents is 1. The molecule has 0 aromatic heterocycles. The van der Waals surface area contributed by atoms with Crippen molar-refractivity contribution in [2.75, 3.05) is 0 Å². The van der Waals surface area contributed by atoms with Gasteiger partial charge in [0.2, 0.25) is 0 Å². The molecule has 2 nitrogen and oxygen atoms in total. The number of phenols is 1. The van der Waals surface area contributed by atoms with Crippen molar-refractivity contribution in [1.29, 1.82) is 0 Å². The average Bonchev–Trinajstić information content (AvgIpc) is 2.55. The van der Waals surface area contributed by atoms with Gasteiger partial charge in [-0.05, 0) is 60.1 Å². The van der Waals surface area contributed by atoms with Gasteiger partial charge in [0.05, 0.1) is 0 Å². The predicted octanol–water partition coefficient (Wildman–Crippen LogP) is 3.81. The number of fused-ring (bicyclic) bond motifs is 2. The predicted molar refractivity (Wildman–Crippen MR) is 80.6 cm³/mol. The van der Waals surface area contributed by atoms with Crippen LogP contribution in [0.15, 0.2) is 29.9 Å². The van der Waals surface area contributed by atoms with E-state index in [0.717, 1.165) is 24.0 Å². The highest BCUT2D eigenvalue weighted by Gasteiger charge is 2.39. The molecule has 1 aromatic rings. The zero-order valence-electron chi connectivity index (χ0n) is 12.2. The fourth-order valence-corrected chi connectivity index (χ4v) is 3.37. The number of carbonyl (C=O) groups excluding carboxylic acids is 1. The number of hydrogen-bond acceptors (Lipinski definition) is 2. The van der Waals surface area contributed by atoms with Crippen LogP contribution in [0.3, 0.4) is 0 Å². The summed E-state index contributed by atoms with van der Waals surface area (Å²) >= 11 is 0. The third kappa shape index (κ3) is 1.91. The van der Waals surface area contributed by atoms with E-state index in [0.29, 0.717) is 5.75 Å². The van der Waals surface area contributed by atoms with E-state index >= 15 is 0 Å². The highest BCUT2D eigenvalue weighted by Crippen LogP contribution is 2.44. The van der Waals surface area contributed by atoms with Crippen molar-refractivity contribution in [3.8, 4) is 5.75 Å². The summed E-state index contributed by atoms with van der Waals surface area (Å²) in [4.78, 5) is 12.1. The number of allylic oxidation sites excluding steroid dienone is 3. The van der Waals surface area contributed by atoms with E-state index in [1.54, 1.807) is 6.08 Å². The molecule has 0 radical (unpaired) electrons. The van der Waals surface area contributed by atoms with Crippen molar-refractivity contribution in [2.24, 2.45) is 11.3 Å². The summed E-state index contributed by atoms with van der Waals surface area (Å²) in [6.07, 6.45) is 7.71. The molecule has 0 saturated carbocycles. The van der Waals surface area contributed by atoms with E-state index in [-0.39, 0.29) is 17.1 Å². The Morgan fingerprint density at radius 3 is 2.75 bits per heavy atom. The van der Waals surface area contributed by atoms with Crippen LogP contribution >= 0.6 is 0 Å². The fourth-order valence-electron chi connectivity index (χ4n) is 3.37. The third-order valence-electron chi connectivity index (χ3n) is 4.82. The number of rotatable bonds is 0. The Morgan fingerprint density at radius 2 is 2.00 bits per heavy atom. The van der Waals surface area contributed by atoms with Crippen LogP contribution in [0.5, 0.6) is 5.75 Å². The maximum absolute atomic E-state index is 12.1. The van der Waals surface area contributed by atoms with Crippen LogP contribution in [0.25, 0.3) is 6.08 Å². The van der Waals surface area contributed by atoms with Crippen LogP contribution in [-0.4, -0.2) is 10.9 Å². The monoisotopic (exact) mass is 268 g/mol. The van der Waals surface area contributed by atoms with E-state index in [1.165, 1.54) is 11.1 Å². The molecule has 2 aliphatic carbocycles. The van der Waals surface area contributed by atoms with Gasteiger partial charge in [-0.3, -0.25) is 4.79 Å². The zero-order valence-corrected chi connectivity index (χ0v) is 12.2. The molecule has 0 heterocycles. The standard InChI is InChI=1S/C18H20O2/c1-11-8-12-4-6-15-13(9-14(12)10-16(11)19)5-7-17(20)18(15,2)3/h5,7-10,15,19H,4,6H2,1-3H3/t15-/m0/s1. The van der Waals surface area contributed by atoms with Gasteiger partial charge in [-0.15, -0.1) is 0 Å². The molecule has 1 N–H and O–H groups in total. The van der Waals surface area contributed by atoms with Gasteiger partial charge in [0.25, 0.3) is 0 Å². The summed E-state index contributed by atoms with van der Waals surface area (Å²) in [7, 11) is 0. The minimum atomic E-state index is -0.334. The summed E-state index contributed by atoms with van der Waals surface area (Å²) in [5, 5.41) is 9.91. The number of aromatic hydroxyl groups is 1. The SMILES string of the molecule is Cc1cc2c(cc1O)C=C1C=CC(=O)C(C)(C)[C@H]1CC2. The average molecular weight is 268 g/mol. The van der Waals surface area contributed by atoms with E-state index < -0.39 is 0 Å². The van der Waals surface area contributed by atoms with E-state index in [2.05, 4.69) is 12.1 Å². The molecule has 1 aromatic carbocycles. The lowest BCUT2D eigenvalue weighted by Gasteiger charge is -2.35. The Morgan fingerprint density at radius 1 is 1.25 bits per heavy atom. The second kappa shape index (κ2) is 4.34. The largest absolute Gasteiger partial charge is 0.508 e. The van der Waals surface area contributed by atoms with Gasteiger partial charge in [0.15, 0.2) is 5.78 Å². The maximum atomic E-state index is 12.1. The molecule has 2 aliphatic rings. The molecule has 20 heavy (non-hydrogen) atoms. The van der Waals surface area contributed by atoms with Gasteiger partial charge in [-0.1, -0.05) is 32.1 Å². The summed E-state index contributed by atoms with van der Waals surface area (Å²) < 4.78 is 0. The molecule has 104 valence electrons. The van der Waals surface area contributed by atoms with Gasteiger partial charge in [-0.2, -0.15) is 0 Å². The van der Waals surface area contributed by atoms with Crippen molar-refractivity contribution >= 4 is 11.9 Å². The minimum Gasteiger partial charge on any atom is -0.508 e. The molecule has 0 aliphatic heterocycles. The van der Waals surface area contributed by atoms with Gasteiger partial charge < -0.3 is 5.11 Å². The Labute approximate surface area is 119 Å². The topological polar surface area (TPSA) is 37.3 Å². The molecule has 3 rings (SSSR count). The fraction of sp³-hybridized carbons (Fsp3) is 0.389. The summed E-state index contributed by atoms with van der Waals surface area (Å²) in [5.41, 5.74) is 4.13. The first kappa shape index (κ1) is 13.2. The molecule has 0 spiro atoms. The molecule has 0 unspecified atom stereocenters. The smallest absolute Gasteiger partial charge is 0.161 e. The zero-order chi connectivity index (χ0) is 14.5. The Kier molecular flexibility index (Phi) is 2.86. The second-order valence-electron chi connectivity index (χ2n) is 6.49. The van der Waals surface area contributed by atoms with Gasteiger partial charge >= 0.3 is 0 Å². The van der Waals surface area contributed by atoms with Gasteiger partial charge in [0.1, 0.15) is 5.75 Å². The summed E-state index contributed by atoms with van der Waals surface area (Å²) in [5.74, 6) is 0.814. The third-order valence-corrected chi connectivity index (χ3v) is 4.82. The van der Waals surface area contributed by atoms with Crippen LogP contribution in [0.2, 0.25) is 0 Å². The molecule has 0 amide bonds. The first-order valence-electron chi connectivity index (χ1n) is 7.16. The molecule has 0 saturated heterocycles. The second-order valence-corrected chi connectivity index (χ2v) is 6.49. The van der Waals surface area contributed by atoms with Crippen molar-refractivity contribution in [3.63, 3.8) is 0 Å². The Bertz CT molecular complexity index is 648. The number of benzene rings is 1. The summed E-state index contributed by atoms with van der Waals surface area (Å²) in [6.45, 7) is 6.00. The lowest BCUT2D eigenvalue weighted by molar-refractivity contribution is -0.124. The highest BCUT2D eigenvalue weighted by atomic mass is 16.3. The normalized spacial score (nSPS) is 23.6. The number of hydrogen-bond donors (Lipinski definition) is 1. The van der Waals surface area contributed by atoms with E-state index in [4.69, 9.17) is 0 Å². The van der Waals surface area contributed by atoms with Gasteiger partial charge in [0, 0.05) is 5.41 Å². The molecule has 2 heteroatoms. The molecule has 1 atom stereocenters. The van der Waals surface area contributed by atoms with Crippen LogP contribution in [0.1, 0.15) is 37.0 Å². The van der Waals surface area contributed by atoms with E-state index in [9.17, 15) is 9.90 Å². The lowest BCUT2D eigenvalue weighted by Crippen LogP contribution is -2.35. The van der Waals surface area contributed by atoms with E-state index in [1.807, 2.05) is 32.9 Å². The quantitative estimate of drug-likeness (QED) is 0.777. The van der Waals surface area contributed by atoms with Crippen molar-refractivity contribution in [1.82, 2.24) is 0 Å². The van der Waals surface area contributed by atoms with Crippen molar-refractivity contribution in [3.05, 3.63) is 46.5 Å². The Hall–Kier alpha value is -1.83. The van der Waals surface area contributed by atoms with Gasteiger partial charge in [-0.25, -0.2) is 0 Å². The van der Waals surface area contributed by atoms with Crippen LogP contribution in [0.4, 0.5) is 0 Å². The number of ketones is 1. The minimum absolute atomic E-state index is 0.213. The molecule has 0 bridgehead atoms. The molecular formula is C18H20O2. The highest BCUT2D eigenvalue weighted by molar-refractivity contribution is 5.97. The number of aryl methyl sites for hydroxylation is 2. The van der Waals surface area contributed by atoms with Crippen LogP contribution in [0, 0.1) is 18.3 Å². The maximum Gasteiger partial charge on any atom is 0.161 e.